The molecule has 2 rings (SSSR count). The van der Waals surface area contributed by atoms with Gasteiger partial charge in [0.25, 0.3) is 0 Å². The lowest BCUT2D eigenvalue weighted by Crippen LogP contribution is -2.10. The largest absolute Gasteiger partial charge is 0.419 e. The molecule has 5 heteroatoms. The van der Waals surface area contributed by atoms with E-state index in [-0.39, 0.29) is 5.56 Å². The predicted octanol–water partition coefficient (Wildman–Crippen LogP) is 4.54. The topological polar surface area (TPSA) is 20.2 Å². The predicted molar refractivity (Wildman–Crippen MR) is 71.4 cm³/mol. The van der Waals surface area contributed by atoms with Gasteiger partial charge in [0, 0.05) is 0 Å². The first-order valence-electron chi connectivity index (χ1n) is 6.31. The molecule has 1 nitrogen and oxygen atoms in total. The Morgan fingerprint density at radius 2 is 1.48 bits per heavy atom. The molecular weight excluding hydrogens is 284 g/mol. The normalized spacial score (nSPS) is 13.3. The van der Waals surface area contributed by atoms with Crippen LogP contribution in [-0.4, -0.2) is 5.11 Å². The Kier molecular flexibility index (Phi) is 4.05. The van der Waals surface area contributed by atoms with Gasteiger partial charge in [0.2, 0.25) is 0 Å². The first-order valence-corrected chi connectivity index (χ1v) is 6.31. The third-order valence-electron chi connectivity index (χ3n) is 3.17. The molecule has 0 aliphatic rings. The van der Waals surface area contributed by atoms with Crippen molar-refractivity contribution < 1.29 is 22.7 Å². The molecule has 2 aromatic carbocycles. The van der Waals surface area contributed by atoms with Gasteiger partial charge in [0.1, 0.15) is 11.9 Å². The molecule has 0 bridgehead atoms. The second kappa shape index (κ2) is 5.48. The first kappa shape index (κ1) is 15.5. The number of aliphatic hydroxyl groups excluding tert-OH is 1. The molecule has 0 aliphatic heterocycles. The summed E-state index contributed by atoms with van der Waals surface area (Å²) in [6, 6.07) is 7.80. The van der Waals surface area contributed by atoms with E-state index in [1.165, 1.54) is 0 Å². The molecule has 0 radical (unpaired) electrons. The number of benzene rings is 2. The number of hydrogen-bond donors (Lipinski definition) is 1. The highest BCUT2D eigenvalue weighted by molar-refractivity contribution is 5.37. The minimum absolute atomic E-state index is 0.00808. The van der Waals surface area contributed by atoms with Gasteiger partial charge in [-0.15, -0.1) is 0 Å². The van der Waals surface area contributed by atoms with Crippen LogP contribution in [0.25, 0.3) is 0 Å². The molecule has 2 aromatic rings. The molecule has 0 aliphatic carbocycles. The minimum atomic E-state index is -4.79. The Morgan fingerprint density at radius 3 is 2.00 bits per heavy atom. The monoisotopic (exact) mass is 298 g/mol. The maximum Gasteiger partial charge on any atom is 0.419 e. The van der Waals surface area contributed by atoms with Crippen molar-refractivity contribution in [3.8, 4) is 0 Å². The second-order valence-electron chi connectivity index (χ2n) is 5.06. The SMILES string of the molecule is Cc1cc(C)cc(C(O)c2ccc(F)c(C(F)(F)F)c2)c1. The van der Waals surface area contributed by atoms with Crippen LogP contribution in [0.1, 0.15) is 33.9 Å². The van der Waals surface area contributed by atoms with Crippen LogP contribution in [0.15, 0.2) is 36.4 Å². The Morgan fingerprint density at radius 1 is 0.905 bits per heavy atom. The Bertz CT molecular complexity index is 642. The zero-order valence-electron chi connectivity index (χ0n) is 11.5. The molecule has 0 amide bonds. The van der Waals surface area contributed by atoms with Gasteiger partial charge in [0.15, 0.2) is 0 Å². The van der Waals surface area contributed by atoms with Crippen molar-refractivity contribution in [3.05, 3.63) is 70.0 Å². The van der Waals surface area contributed by atoms with Gasteiger partial charge < -0.3 is 5.11 Å². The minimum Gasteiger partial charge on any atom is -0.384 e. The van der Waals surface area contributed by atoms with Crippen molar-refractivity contribution in [3.63, 3.8) is 0 Å². The lowest BCUT2D eigenvalue weighted by atomic mass is 9.96. The summed E-state index contributed by atoms with van der Waals surface area (Å²) in [7, 11) is 0. The van der Waals surface area contributed by atoms with Crippen LogP contribution in [0, 0.1) is 19.7 Å². The van der Waals surface area contributed by atoms with Crippen LogP contribution in [-0.2, 0) is 6.18 Å². The van der Waals surface area contributed by atoms with E-state index in [4.69, 9.17) is 0 Å². The van der Waals surface area contributed by atoms with Gasteiger partial charge in [-0.25, -0.2) is 4.39 Å². The second-order valence-corrected chi connectivity index (χ2v) is 5.06. The lowest BCUT2D eigenvalue weighted by Gasteiger charge is -2.16. The van der Waals surface area contributed by atoms with Crippen LogP contribution in [0.3, 0.4) is 0 Å². The van der Waals surface area contributed by atoms with Gasteiger partial charge in [0.05, 0.1) is 5.56 Å². The fourth-order valence-electron chi connectivity index (χ4n) is 2.29. The molecule has 0 spiro atoms. The highest BCUT2D eigenvalue weighted by Crippen LogP contribution is 2.34. The molecule has 1 atom stereocenters. The van der Waals surface area contributed by atoms with E-state index >= 15 is 0 Å². The summed E-state index contributed by atoms with van der Waals surface area (Å²) >= 11 is 0. The lowest BCUT2D eigenvalue weighted by molar-refractivity contribution is -0.140. The smallest absolute Gasteiger partial charge is 0.384 e. The standard InChI is InChI=1S/C16H14F4O/c1-9-5-10(2)7-12(6-9)15(21)11-3-4-14(17)13(8-11)16(18,19)20/h3-8,15,21H,1-2H3. The molecule has 21 heavy (non-hydrogen) atoms. The molecule has 0 saturated carbocycles. The van der Waals surface area contributed by atoms with Gasteiger partial charge in [-0.3, -0.25) is 0 Å². The van der Waals surface area contributed by atoms with Gasteiger partial charge in [-0.2, -0.15) is 13.2 Å². The number of rotatable bonds is 2. The van der Waals surface area contributed by atoms with Crippen LogP contribution in [0.5, 0.6) is 0 Å². The third-order valence-corrected chi connectivity index (χ3v) is 3.17. The summed E-state index contributed by atoms with van der Waals surface area (Å²) in [6.07, 6.45) is -6.02. The van der Waals surface area contributed by atoms with E-state index in [0.29, 0.717) is 11.6 Å². The summed E-state index contributed by atoms with van der Waals surface area (Å²) in [5.74, 6) is -1.35. The average Bonchev–Trinajstić information content (AvgIpc) is 2.36. The Balaban J connectivity index is 2.46. The fraction of sp³-hybridized carbons (Fsp3) is 0.250. The highest BCUT2D eigenvalue weighted by atomic mass is 19.4. The van der Waals surface area contributed by atoms with Crippen molar-refractivity contribution in [2.24, 2.45) is 0 Å². The van der Waals surface area contributed by atoms with Crippen molar-refractivity contribution in [1.29, 1.82) is 0 Å². The van der Waals surface area contributed by atoms with Crippen LogP contribution >= 0.6 is 0 Å². The maximum absolute atomic E-state index is 13.3. The number of halogens is 4. The van der Waals surface area contributed by atoms with Gasteiger partial charge in [-0.05, 0) is 37.1 Å². The molecule has 0 heterocycles. The number of aliphatic hydroxyl groups is 1. The molecular formula is C16H14F4O. The summed E-state index contributed by atoms with van der Waals surface area (Å²) in [5.41, 5.74) is 0.897. The van der Waals surface area contributed by atoms with E-state index in [1.807, 2.05) is 19.9 Å². The highest BCUT2D eigenvalue weighted by Gasteiger charge is 2.34. The molecule has 0 fully saturated rings. The van der Waals surface area contributed by atoms with Crippen LogP contribution < -0.4 is 0 Å². The van der Waals surface area contributed by atoms with Crippen LogP contribution in [0.2, 0.25) is 0 Å². The van der Waals surface area contributed by atoms with Crippen LogP contribution in [0.4, 0.5) is 17.6 Å². The molecule has 0 aromatic heterocycles. The molecule has 112 valence electrons. The summed E-state index contributed by atoms with van der Waals surface area (Å²) in [4.78, 5) is 0. The van der Waals surface area contributed by atoms with E-state index in [0.717, 1.165) is 23.3 Å². The van der Waals surface area contributed by atoms with Gasteiger partial charge >= 0.3 is 6.18 Å². The number of aryl methyl sites for hydroxylation is 2. The number of hydrogen-bond acceptors (Lipinski definition) is 1. The van der Waals surface area contributed by atoms with E-state index in [9.17, 15) is 22.7 Å². The number of alkyl halides is 3. The maximum atomic E-state index is 13.3. The van der Waals surface area contributed by atoms with Crippen molar-refractivity contribution in [2.75, 3.05) is 0 Å². The van der Waals surface area contributed by atoms with Crippen molar-refractivity contribution in [1.82, 2.24) is 0 Å². The summed E-state index contributed by atoms with van der Waals surface area (Å²) in [6.45, 7) is 3.66. The van der Waals surface area contributed by atoms with Crippen molar-refractivity contribution >= 4 is 0 Å². The third kappa shape index (κ3) is 3.42. The van der Waals surface area contributed by atoms with E-state index in [1.54, 1.807) is 12.1 Å². The van der Waals surface area contributed by atoms with E-state index < -0.39 is 23.7 Å². The fourth-order valence-corrected chi connectivity index (χ4v) is 2.29. The zero-order chi connectivity index (χ0) is 15.8. The Labute approximate surface area is 119 Å². The quantitative estimate of drug-likeness (QED) is 0.807. The summed E-state index contributed by atoms with van der Waals surface area (Å²) < 4.78 is 51.4. The first-order chi connectivity index (χ1) is 9.68. The Hall–Kier alpha value is -1.88. The summed E-state index contributed by atoms with van der Waals surface area (Å²) in [5, 5.41) is 10.2. The zero-order valence-corrected chi connectivity index (χ0v) is 11.5. The average molecular weight is 298 g/mol. The van der Waals surface area contributed by atoms with Crippen molar-refractivity contribution in [2.45, 2.75) is 26.1 Å². The van der Waals surface area contributed by atoms with E-state index in [2.05, 4.69) is 0 Å². The molecule has 0 saturated heterocycles. The molecule has 1 N–H and O–H groups in total. The van der Waals surface area contributed by atoms with Gasteiger partial charge in [-0.1, -0.05) is 35.4 Å². The molecule has 1 unspecified atom stereocenters.